The Bertz CT molecular complexity index is 1370. The van der Waals surface area contributed by atoms with E-state index in [0.717, 1.165) is 30.8 Å². The van der Waals surface area contributed by atoms with Crippen LogP contribution in [-0.2, 0) is 4.74 Å². The molecule has 0 spiro atoms. The molecule has 3 amide bonds. The van der Waals surface area contributed by atoms with Crippen molar-refractivity contribution in [3.63, 3.8) is 0 Å². The highest BCUT2D eigenvalue weighted by Gasteiger charge is 2.21. The number of para-hydroxylation sites is 1. The van der Waals surface area contributed by atoms with Crippen molar-refractivity contribution < 1.29 is 19.1 Å². The van der Waals surface area contributed by atoms with Gasteiger partial charge in [0.25, 0.3) is 5.91 Å². The number of urea groups is 1. The maximum Gasteiger partial charge on any atom is 0.323 e. The SMILES string of the molecule is O=C(Nc1ccccc1)Nc1ccc(OC(c2ccccc2)c2ccccc2)c(C(=O)NCCN2CCOCC2)c1. The number of carbonyl (C=O) groups excluding carboxylic acids is 2. The second kappa shape index (κ2) is 14.1. The molecule has 8 heteroatoms. The molecule has 0 saturated carbocycles. The van der Waals surface area contributed by atoms with Crippen LogP contribution in [0.2, 0.25) is 0 Å². The van der Waals surface area contributed by atoms with Crippen LogP contribution in [0.15, 0.2) is 109 Å². The molecular formula is C33H34N4O4. The van der Waals surface area contributed by atoms with E-state index in [4.69, 9.17) is 9.47 Å². The zero-order chi connectivity index (χ0) is 28.3. The summed E-state index contributed by atoms with van der Waals surface area (Å²) in [5.41, 5.74) is 3.39. The number of anilines is 2. The summed E-state index contributed by atoms with van der Waals surface area (Å²) >= 11 is 0. The van der Waals surface area contributed by atoms with E-state index < -0.39 is 12.1 Å². The minimum atomic E-state index is -0.433. The van der Waals surface area contributed by atoms with Crippen LogP contribution in [0.3, 0.4) is 0 Å². The van der Waals surface area contributed by atoms with Crippen LogP contribution in [0.25, 0.3) is 0 Å². The van der Waals surface area contributed by atoms with Crippen molar-refractivity contribution >= 4 is 23.3 Å². The van der Waals surface area contributed by atoms with Gasteiger partial charge in [0.2, 0.25) is 0 Å². The average Bonchev–Trinajstić information content (AvgIpc) is 3.02. The highest BCUT2D eigenvalue weighted by Crippen LogP contribution is 2.32. The zero-order valence-electron chi connectivity index (χ0n) is 22.8. The molecule has 4 aromatic carbocycles. The highest BCUT2D eigenvalue weighted by molar-refractivity contribution is 6.02. The number of benzene rings is 4. The number of nitrogens with zero attached hydrogens (tertiary/aromatic N) is 1. The lowest BCUT2D eigenvalue weighted by atomic mass is 10.0. The van der Waals surface area contributed by atoms with Crippen molar-refractivity contribution in [2.24, 2.45) is 0 Å². The highest BCUT2D eigenvalue weighted by atomic mass is 16.5. The van der Waals surface area contributed by atoms with Crippen LogP contribution in [0.1, 0.15) is 27.6 Å². The molecule has 41 heavy (non-hydrogen) atoms. The summed E-state index contributed by atoms with van der Waals surface area (Å²) in [5.74, 6) is 0.140. The number of nitrogens with one attached hydrogen (secondary N) is 3. The van der Waals surface area contributed by atoms with Crippen molar-refractivity contribution in [1.82, 2.24) is 10.2 Å². The summed E-state index contributed by atoms with van der Waals surface area (Å²) < 4.78 is 12.0. The minimum absolute atomic E-state index is 0.278. The standard InChI is InChI=1S/C33H34N4O4/c38-32(34-18-19-37-20-22-40-23-21-37)29-24-28(36-33(39)35-27-14-8-3-9-15-27)16-17-30(29)41-31(25-10-4-1-5-11-25)26-12-6-2-7-13-26/h1-17,24,31H,18-23H2,(H,34,38)(H2,35,36,39). The van der Waals surface area contributed by atoms with Crippen LogP contribution in [0.5, 0.6) is 5.75 Å². The van der Waals surface area contributed by atoms with Crippen LogP contribution in [-0.4, -0.2) is 56.2 Å². The summed E-state index contributed by atoms with van der Waals surface area (Å²) in [6, 6.07) is 33.7. The van der Waals surface area contributed by atoms with Gasteiger partial charge in [0.15, 0.2) is 0 Å². The fourth-order valence-electron chi connectivity index (χ4n) is 4.66. The molecule has 4 aromatic rings. The van der Waals surface area contributed by atoms with E-state index in [1.54, 1.807) is 30.3 Å². The Morgan fingerprint density at radius 2 is 1.34 bits per heavy atom. The first-order chi connectivity index (χ1) is 20.2. The van der Waals surface area contributed by atoms with Crippen molar-refractivity contribution in [1.29, 1.82) is 0 Å². The number of hydrogen-bond donors (Lipinski definition) is 3. The fourth-order valence-corrected chi connectivity index (χ4v) is 4.66. The van der Waals surface area contributed by atoms with E-state index in [2.05, 4.69) is 20.9 Å². The molecule has 1 heterocycles. The lowest BCUT2D eigenvalue weighted by Gasteiger charge is -2.26. The monoisotopic (exact) mass is 550 g/mol. The molecular weight excluding hydrogens is 516 g/mol. The fraction of sp³-hybridized carbons (Fsp3) is 0.212. The quantitative estimate of drug-likeness (QED) is 0.240. The van der Waals surface area contributed by atoms with Gasteiger partial charge in [0, 0.05) is 37.6 Å². The molecule has 0 aromatic heterocycles. The van der Waals surface area contributed by atoms with Gasteiger partial charge in [-0.3, -0.25) is 9.69 Å². The maximum absolute atomic E-state index is 13.5. The summed E-state index contributed by atoms with van der Waals surface area (Å²) in [4.78, 5) is 28.5. The number of rotatable bonds is 10. The average molecular weight is 551 g/mol. The normalized spacial score (nSPS) is 13.4. The molecule has 0 aliphatic carbocycles. The summed E-state index contributed by atoms with van der Waals surface area (Å²) in [7, 11) is 0. The van der Waals surface area contributed by atoms with Crippen LogP contribution >= 0.6 is 0 Å². The predicted molar refractivity (Wildman–Crippen MR) is 160 cm³/mol. The number of morpholine rings is 1. The third-order valence-electron chi connectivity index (χ3n) is 6.78. The molecule has 1 aliphatic rings. The van der Waals surface area contributed by atoms with Crippen LogP contribution in [0, 0.1) is 0 Å². The molecule has 1 fully saturated rings. The van der Waals surface area contributed by atoms with Gasteiger partial charge in [-0.2, -0.15) is 0 Å². The molecule has 0 unspecified atom stereocenters. The van der Waals surface area contributed by atoms with Gasteiger partial charge in [0.1, 0.15) is 11.9 Å². The number of hydrogen-bond acceptors (Lipinski definition) is 5. The van der Waals surface area contributed by atoms with Gasteiger partial charge in [-0.15, -0.1) is 0 Å². The zero-order valence-corrected chi connectivity index (χ0v) is 22.8. The van der Waals surface area contributed by atoms with Gasteiger partial charge in [0.05, 0.1) is 18.8 Å². The molecule has 210 valence electrons. The summed E-state index contributed by atoms with van der Waals surface area (Å²) in [5, 5.41) is 8.66. The van der Waals surface area contributed by atoms with Crippen molar-refractivity contribution in [3.8, 4) is 5.75 Å². The first kappa shape index (κ1) is 27.9. The molecule has 0 bridgehead atoms. The Labute approximate surface area is 240 Å². The lowest BCUT2D eigenvalue weighted by Crippen LogP contribution is -2.41. The molecule has 1 saturated heterocycles. The molecule has 3 N–H and O–H groups in total. The third kappa shape index (κ3) is 7.94. The van der Waals surface area contributed by atoms with E-state index in [9.17, 15) is 9.59 Å². The maximum atomic E-state index is 13.5. The first-order valence-electron chi connectivity index (χ1n) is 13.8. The van der Waals surface area contributed by atoms with Crippen molar-refractivity contribution in [2.45, 2.75) is 6.10 Å². The Morgan fingerprint density at radius 1 is 0.756 bits per heavy atom. The van der Waals surface area contributed by atoms with Gasteiger partial charge in [-0.1, -0.05) is 78.9 Å². The third-order valence-corrected chi connectivity index (χ3v) is 6.78. The summed E-state index contributed by atoms with van der Waals surface area (Å²) in [6.45, 7) is 4.28. The molecule has 0 radical (unpaired) electrons. The second-order valence-electron chi connectivity index (χ2n) is 9.69. The smallest absolute Gasteiger partial charge is 0.323 e. The Morgan fingerprint density at radius 3 is 1.98 bits per heavy atom. The van der Waals surface area contributed by atoms with Crippen molar-refractivity contribution in [2.75, 3.05) is 50.0 Å². The lowest BCUT2D eigenvalue weighted by molar-refractivity contribution is 0.0383. The van der Waals surface area contributed by atoms with Crippen LogP contribution < -0.4 is 20.7 Å². The number of carbonyl (C=O) groups is 2. The molecule has 5 rings (SSSR count). The van der Waals surface area contributed by atoms with E-state index in [1.165, 1.54) is 0 Å². The van der Waals surface area contributed by atoms with E-state index in [-0.39, 0.29) is 5.91 Å². The van der Waals surface area contributed by atoms with E-state index in [1.807, 2.05) is 78.9 Å². The molecule has 8 nitrogen and oxygen atoms in total. The topological polar surface area (TPSA) is 91.9 Å². The number of amides is 3. The van der Waals surface area contributed by atoms with Gasteiger partial charge < -0.3 is 25.4 Å². The van der Waals surface area contributed by atoms with Gasteiger partial charge >= 0.3 is 6.03 Å². The minimum Gasteiger partial charge on any atom is -0.480 e. The van der Waals surface area contributed by atoms with E-state index >= 15 is 0 Å². The van der Waals surface area contributed by atoms with Crippen molar-refractivity contribution in [3.05, 3.63) is 126 Å². The Hall–Kier alpha value is -4.66. The largest absolute Gasteiger partial charge is 0.480 e. The molecule has 1 aliphatic heterocycles. The van der Waals surface area contributed by atoms with Crippen LogP contribution in [0.4, 0.5) is 16.2 Å². The first-order valence-corrected chi connectivity index (χ1v) is 13.8. The van der Waals surface area contributed by atoms with E-state index in [0.29, 0.717) is 42.4 Å². The number of ether oxygens (including phenoxy) is 2. The molecule has 0 atom stereocenters. The van der Waals surface area contributed by atoms with Gasteiger partial charge in [-0.25, -0.2) is 4.79 Å². The predicted octanol–water partition coefficient (Wildman–Crippen LogP) is 5.56. The summed E-state index contributed by atoms with van der Waals surface area (Å²) in [6.07, 6.45) is -0.433. The second-order valence-corrected chi connectivity index (χ2v) is 9.69. The Kier molecular flexibility index (Phi) is 9.60. The Balaban J connectivity index is 1.38. The van der Waals surface area contributed by atoms with Gasteiger partial charge in [-0.05, 0) is 41.5 Å².